The van der Waals surface area contributed by atoms with Crippen LogP contribution >= 0.6 is 11.8 Å². The molecular formula is C11H12FN3S. The molecule has 1 aromatic heterocycles. The zero-order valence-corrected chi connectivity index (χ0v) is 9.67. The van der Waals surface area contributed by atoms with Crippen LogP contribution in [0.2, 0.25) is 0 Å². The molecule has 0 amide bonds. The van der Waals surface area contributed by atoms with Crippen LogP contribution in [0.15, 0.2) is 35.5 Å². The van der Waals surface area contributed by atoms with Gasteiger partial charge in [-0.15, -0.1) is 11.8 Å². The van der Waals surface area contributed by atoms with Crippen molar-refractivity contribution >= 4 is 17.4 Å². The Balaban J connectivity index is 2.02. The van der Waals surface area contributed by atoms with E-state index in [1.165, 1.54) is 6.07 Å². The Labute approximate surface area is 97.5 Å². The van der Waals surface area contributed by atoms with Crippen LogP contribution in [-0.4, -0.2) is 9.78 Å². The first-order valence-electron chi connectivity index (χ1n) is 4.80. The highest BCUT2D eigenvalue weighted by Gasteiger charge is 2.02. The number of nitrogens with zero attached hydrogens (tertiary/aromatic N) is 2. The van der Waals surface area contributed by atoms with Crippen molar-refractivity contribution in [2.75, 3.05) is 5.73 Å². The van der Waals surface area contributed by atoms with Crippen molar-refractivity contribution in [3.63, 3.8) is 0 Å². The fourth-order valence-electron chi connectivity index (χ4n) is 1.30. The number of rotatable bonds is 3. The van der Waals surface area contributed by atoms with Gasteiger partial charge < -0.3 is 5.73 Å². The van der Waals surface area contributed by atoms with Gasteiger partial charge in [0, 0.05) is 23.9 Å². The van der Waals surface area contributed by atoms with Crippen LogP contribution in [0.4, 0.5) is 10.1 Å². The molecule has 0 bridgehead atoms. The molecule has 2 rings (SSSR count). The van der Waals surface area contributed by atoms with Crippen molar-refractivity contribution in [1.29, 1.82) is 0 Å². The smallest absolute Gasteiger partial charge is 0.146 e. The monoisotopic (exact) mass is 237 g/mol. The second kappa shape index (κ2) is 4.57. The number of nitrogens with two attached hydrogens (primary N) is 1. The molecule has 0 aliphatic rings. The van der Waals surface area contributed by atoms with Gasteiger partial charge in [-0.05, 0) is 17.7 Å². The average molecular weight is 237 g/mol. The van der Waals surface area contributed by atoms with Crippen molar-refractivity contribution in [3.05, 3.63) is 42.0 Å². The Kier molecular flexibility index (Phi) is 3.14. The van der Waals surface area contributed by atoms with Gasteiger partial charge in [0.2, 0.25) is 0 Å². The molecule has 84 valence electrons. The summed E-state index contributed by atoms with van der Waals surface area (Å²) in [6, 6.07) is 4.90. The molecule has 1 heterocycles. The number of hydrogen-bond acceptors (Lipinski definition) is 3. The molecular weight excluding hydrogens is 225 g/mol. The van der Waals surface area contributed by atoms with Gasteiger partial charge in [0.1, 0.15) is 5.82 Å². The van der Waals surface area contributed by atoms with E-state index in [1.54, 1.807) is 28.7 Å². The van der Waals surface area contributed by atoms with E-state index in [-0.39, 0.29) is 11.5 Å². The third-order valence-electron chi connectivity index (χ3n) is 2.15. The fourth-order valence-corrected chi connectivity index (χ4v) is 2.16. The number of hydrogen-bond donors (Lipinski definition) is 1. The zero-order chi connectivity index (χ0) is 11.5. The third-order valence-corrected chi connectivity index (χ3v) is 3.17. The van der Waals surface area contributed by atoms with E-state index in [0.717, 1.165) is 10.5 Å². The summed E-state index contributed by atoms with van der Waals surface area (Å²) in [5.41, 5.74) is 6.51. The molecule has 0 unspecified atom stereocenters. The Morgan fingerprint density at radius 2 is 2.31 bits per heavy atom. The minimum atomic E-state index is -0.357. The van der Waals surface area contributed by atoms with E-state index in [1.807, 2.05) is 19.3 Å². The maximum atomic E-state index is 13.2. The highest BCUT2D eigenvalue weighted by molar-refractivity contribution is 7.98. The van der Waals surface area contributed by atoms with Gasteiger partial charge in [-0.2, -0.15) is 5.10 Å². The number of aryl methyl sites for hydroxylation is 1. The highest BCUT2D eigenvalue weighted by Crippen LogP contribution is 2.23. The lowest BCUT2D eigenvalue weighted by atomic mass is 10.2. The van der Waals surface area contributed by atoms with E-state index >= 15 is 0 Å². The first-order valence-corrected chi connectivity index (χ1v) is 5.79. The van der Waals surface area contributed by atoms with Gasteiger partial charge in [-0.3, -0.25) is 4.68 Å². The molecule has 0 saturated heterocycles. The molecule has 0 radical (unpaired) electrons. The normalized spacial score (nSPS) is 10.6. The SMILES string of the molecule is Cn1cc(SCc2ccc(N)c(F)c2)cn1. The Morgan fingerprint density at radius 3 is 2.94 bits per heavy atom. The lowest BCUT2D eigenvalue weighted by Gasteiger charge is -2.01. The van der Waals surface area contributed by atoms with E-state index in [0.29, 0.717) is 5.75 Å². The maximum absolute atomic E-state index is 13.2. The van der Waals surface area contributed by atoms with Gasteiger partial charge in [-0.1, -0.05) is 6.07 Å². The Hall–Kier alpha value is -1.49. The number of aromatic nitrogens is 2. The highest BCUT2D eigenvalue weighted by atomic mass is 32.2. The summed E-state index contributed by atoms with van der Waals surface area (Å²) in [6.07, 6.45) is 3.72. The first-order chi connectivity index (χ1) is 7.65. The van der Waals surface area contributed by atoms with Crippen molar-refractivity contribution in [3.8, 4) is 0 Å². The Bertz CT molecular complexity index is 496. The Morgan fingerprint density at radius 1 is 1.50 bits per heavy atom. The van der Waals surface area contributed by atoms with Gasteiger partial charge in [0.15, 0.2) is 0 Å². The third kappa shape index (κ3) is 2.55. The predicted molar refractivity (Wildman–Crippen MR) is 63.6 cm³/mol. The van der Waals surface area contributed by atoms with Gasteiger partial charge >= 0.3 is 0 Å². The molecule has 0 aliphatic heterocycles. The number of benzene rings is 1. The van der Waals surface area contributed by atoms with Crippen molar-refractivity contribution < 1.29 is 4.39 Å². The van der Waals surface area contributed by atoms with Gasteiger partial charge in [-0.25, -0.2) is 4.39 Å². The standard InChI is InChI=1S/C11H12FN3S/c1-15-6-9(5-14-15)16-7-8-2-3-11(13)10(12)4-8/h2-6H,7,13H2,1H3. The van der Waals surface area contributed by atoms with Crippen molar-refractivity contribution in [2.24, 2.45) is 7.05 Å². The van der Waals surface area contributed by atoms with Crippen LogP contribution in [0, 0.1) is 5.82 Å². The van der Waals surface area contributed by atoms with E-state index in [9.17, 15) is 4.39 Å². The van der Waals surface area contributed by atoms with Crippen LogP contribution in [0.1, 0.15) is 5.56 Å². The summed E-state index contributed by atoms with van der Waals surface area (Å²) in [7, 11) is 1.87. The lowest BCUT2D eigenvalue weighted by Crippen LogP contribution is -1.91. The summed E-state index contributed by atoms with van der Waals surface area (Å²) < 4.78 is 14.9. The van der Waals surface area contributed by atoms with Gasteiger partial charge in [0.25, 0.3) is 0 Å². The van der Waals surface area contributed by atoms with E-state index in [4.69, 9.17) is 5.73 Å². The van der Waals surface area contributed by atoms with Crippen LogP contribution in [0.5, 0.6) is 0 Å². The lowest BCUT2D eigenvalue weighted by molar-refractivity contribution is 0.631. The van der Waals surface area contributed by atoms with Crippen molar-refractivity contribution in [2.45, 2.75) is 10.6 Å². The molecule has 0 fully saturated rings. The largest absolute Gasteiger partial charge is 0.396 e. The molecule has 16 heavy (non-hydrogen) atoms. The average Bonchev–Trinajstić information content (AvgIpc) is 2.66. The summed E-state index contributed by atoms with van der Waals surface area (Å²) in [6.45, 7) is 0. The number of nitrogen functional groups attached to an aromatic ring is 1. The second-order valence-corrected chi connectivity index (χ2v) is 4.54. The van der Waals surface area contributed by atoms with Gasteiger partial charge in [0.05, 0.1) is 11.9 Å². The summed E-state index contributed by atoms with van der Waals surface area (Å²) in [5, 5.41) is 4.06. The summed E-state index contributed by atoms with van der Waals surface area (Å²) >= 11 is 1.62. The molecule has 3 nitrogen and oxygen atoms in total. The van der Waals surface area contributed by atoms with Crippen molar-refractivity contribution in [1.82, 2.24) is 9.78 Å². The fraction of sp³-hybridized carbons (Fsp3) is 0.182. The molecule has 0 aliphatic carbocycles. The van der Waals surface area contributed by atoms with Crippen LogP contribution in [-0.2, 0) is 12.8 Å². The number of halogens is 1. The molecule has 2 N–H and O–H groups in total. The molecule has 0 saturated carbocycles. The quantitative estimate of drug-likeness (QED) is 0.658. The first kappa shape index (κ1) is 11.0. The molecule has 2 aromatic rings. The topological polar surface area (TPSA) is 43.8 Å². The number of anilines is 1. The predicted octanol–water partition coefficient (Wildman–Crippen LogP) is 2.43. The summed E-state index contributed by atoms with van der Waals surface area (Å²) in [4.78, 5) is 1.07. The molecule has 1 aromatic carbocycles. The van der Waals surface area contributed by atoms with E-state index in [2.05, 4.69) is 5.10 Å². The second-order valence-electron chi connectivity index (χ2n) is 3.49. The van der Waals surface area contributed by atoms with E-state index < -0.39 is 0 Å². The molecule has 5 heteroatoms. The summed E-state index contributed by atoms with van der Waals surface area (Å²) in [5.74, 6) is 0.354. The van der Waals surface area contributed by atoms with Crippen LogP contribution in [0.3, 0.4) is 0 Å². The van der Waals surface area contributed by atoms with Crippen LogP contribution in [0.25, 0.3) is 0 Å². The minimum Gasteiger partial charge on any atom is -0.396 e. The number of thioether (sulfide) groups is 1. The zero-order valence-electron chi connectivity index (χ0n) is 8.85. The van der Waals surface area contributed by atoms with Crippen LogP contribution < -0.4 is 5.73 Å². The maximum Gasteiger partial charge on any atom is 0.146 e. The molecule has 0 atom stereocenters. The molecule has 0 spiro atoms. The minimum absolute atomic E-state index is 0.190.